The molecule has 0 atom stereocenters. The van der Waals surface area contributed by atoms with E-state index in [1.54, 1.807) is 29.0 Å². The highest BCUT2D eigenvalue weighted by molar-refractivity contribution is 5.89. The van der Waals surface area contributed by atoms with Crippen molar-refractivity contribution in [1.82, 2.24) is 9.55 Å². The van der Waals surface area contributed by atoms with Crippen LogP contribution in [0, 0.1) is 11.3 Å². The summed E-state index contributed by atoms with van der Waals surface area (Å²) >= 11 is 0. The number of carbonyl (C=O) groups excluding carboxylic acids is 1. The third-order valence-electron chi connectivity index (χ3n) is 2.94. The number of carbonyl (C=O) groups is 1. The van der Waals surface area contributed by atoms with Gasteiger partial charge >= 0.3 is 5.97 Å². The van der Waals surface area contributed by atoms with Crippen molar-refractivity contribution in [2.75, 3.05) is 5.73 Å². The van der Waals surface area contributed by atoms with E-state index in [0.29, 0.717) is 22.6 Å². The Labute approximate surface area is 122 Å². The molecule has 0 amide bonds. The summed E-state index contributed by atoms with van der Waals surface area (Å²) in [7, 11) is 0. The first kappa shape index (κ1) is 14.6. The maximum atomic E-state index is 12.1. The third kappa shape index (κ3) is 3.39. The normalized spacial score (nSPS) is 10.4. The van der Waals surface area contributed by atoms with Gasteiger partial charge in [-0.2, -0.15) is 5.26 Å². The Hall–Kier alpha value is -2.81. The molecule has 2 rings (SSSR count). The molecule has 0 aromatic carbocycles. The molecule has 6 nitrogen and oxygen atoms in total. The second-order valence-electron chi connectivity index (χ2n) is 4.90. The molecule has 2 heterocycles. The second kappa shape index (κ2) is 6.09. The van der Waals surface area contributed by atoms with E-state index in [1.807, 2.05) is 19.9 Å². The largest absolute Gasteiger partial charge is 0.456 e. The first-order valence-corrected chi connectivity index (χ1v) is 6.50. The molecule has 0 aliphatic heterocycles. The van der Waals surface area contributed by atoms with E-state index in [0.717, 1.165) is 0 Å². The van der Waals surface area contributed by atoms with Gasteiger partial charge in [-0.15, -0.1) is 0 Å². The molecular formula is C15H16N4O2. The van der Waals surface area contributed by atoms with Crippen LogP contribution in [0.1, 0.15) is 41.6 Å². The molecule has 108 valence electrons. The SMILES string of the molecule is CC(C)n1cc(N)cc1C(=O)OCc1ccnc(C#N)c1. The third-order valence-corrected chi connectivity index (χ3v) is 2.94. The van der Waals surface area contributed by atoms with E-state index in [-0.39, 0.29) is 12.6 Å². The minimum atomic E-state index is -0.448. The first-order valence-electron chi connectivity index (χ1n) is 6.50. The van der Waals surface area contributed by atoms with Crippen molar-refractivity contribution in [2.45, 2.75) is 26.5 Å². The fourth-order valence-corrected chi connectivity index (χ4v) is 1.94. The van der Waals surface area contributed by atoms with Crippen LogP contribution in [-0.2, 0) is 11.3 Å². The van der Waals surface area contributed by atoms with E-state index in [4.69, 9.17) is 15.7 Å². The molecule has 0 aliphatic carbocycles. The summed E-state index contributed by atoms with van der Waals surface area (Å²) in [6.45, 7) is 4.00. The van der Waals surface area contributed by atoms with Crippen LogP contribution in [0.5, 0.6) is 0 Å². The maximum absolute atomic E-state index is 12.1. The summed E-state index contributed by atoms with van der Waals surface area (Å²) in [5.41, 5.74) is 7.66. The highest BCUT2D eigenvalue weighted by Crippen LogP contribution is 2.18. The number of nitrogens with zero attached hydrogens (tertiary/aromatic N) is 3. The van der Waals surface area contributed by atoms with Crippen molar-refractivity contribution in [3.8, 4) is 6.07 Å². The molecule has 0 saturated heterocycles. The van der Waals surface area contributed by atoms with Crippen LogP contribution in [-0.4, -0.2) is 15.5 Å². The molecule has 0 aliphatic rings. The lowest BCUT2D eigenvalue weighted by molar-refractivity contribution is 0.0458. The molecule has 0 fully saturated rings. The molecule has 2 aromatic rings. The molecule has 0 bridgehead atoms. The number of nitriles is 1. The van der Waals surface area contributed by atoms with Crippen molar-refractivity contribution in [1.29, 1.82) is 5.26 Å². The lowest BCUT2D eigenvalue weighted by Gasteiger charge is -2.12. The number of hydrogen-bond acceptors (Lipinski definition) is 5. The molecule has 6 heteroatoms. The summed E-state index contributed by atoms with van der Waals surface area (Å²) < 4.78 is 7.03. The molecule has 0 radical (unpaired) electrons. The summed E-state index contributed by atoms with van der Waals surface area (Å²) in [5, 5.41) is 8.78. The Morgan fingerprint density at radius 2 is 2.29 bits per heavy atom. The van der Waals surface area contributed by atoms with E-state index < -0.39 is 5.97 Å². The zero-order valence-electron chi connectivity index (χ0n) is 11.9. The Morgan fingerprint density at radius 3 is 2.95 bits per heavy atom. The summed E-state index contributed by atoms with van der Waals surface area (Å²) in [5.74, 6) is -0.448. The van der Waals surface area contributed by atoms with Gasteiger partial charge in [-0.1, -0.05) is 0 Å². The molecule has 2 N–H and O–H groups in total. The standard InChI is InChI=1S/C15H16N4O2/c1-10(2)19-8-12(17)6-14(19)15(20)21-9-11-3-4-18-13(5-11)7-16/h3-6,8,10H,9,17H2,1-2H3. The van der Waals surface area contributed by atoms with Gasteiger partial charge in [-0.25, -0.2) is 9.78 Å². The highest BCUT2D eigenvalue weighted by atomic mass is 16.5. The van der Waals surface area contributed by atoms with Crippen LogP contribution in [0.25, 0.3) is 0 Å². The quantitative estimate of drug-likeness (QED) is 0.869. The summed E-state index contributed by atoms with van der Waals surface area (Å²) in [4.78, 5) is 16.0. The Balaban J connectivity index is 2.10. The number of rotatable bonds is 4. The van der Waals surface area contributed by atoms with Crippen LogP contribution >= 0.6 is 0 Å². The van der Waals surface area contributed by atoms with Crippen molar-refractivity contribution < 1.29 is 9.53 Å². The zero-order chi connectivity index (χ0) is 15.4. The lowest BCUT2D eigenvalue weighted by atomic mass is 10.2. The number of pyridine rings is 1. The molecule has 21 heavy (non-hydrogen) atoms. The van der Waals surface area contributed by atoms with Crippen molar-refractivity contribution in [2.24, 2.45) is 0 Å². The predicted octanol–water partition coefficient (Wildman–Crippen LogP) is 2.27. The number of hydrogen-bond donors (Lipinski definition) is 1. The summed E-state index contributed by atoms with van der Waals surface area (Å²) in [6.07, 6.45) is 3.22. The molecule has 0 unspecified atom stereocenters. The topological polar surface area (TPSA) is 93.9 Å². The Bertz CT molecular complexity index is 698. The number of nitrogens with two attached hydrogens (primary N) is 1. The first-order chi connectivity index (χ1) is 10.0. The van der Waals surface area contributed by atoms with Gasteiger partial charge in [-0.05, 0) is 37.6 Å². The van der Waals surface area contributed by atoms with Gasteiger partial charge in [0.15, 0.2) is 0 Å². The fraction of sp³-hybridized carbons (Fsp3) is 0.267. The number of esters is 1. The second-order valence-corrected chi connectivity index (χ2v) is 4.90. The minimum absolute atomic E-state index is 0.0826. The molecule has 0 saturated carbocycles. The van der Waals surface area contributed by atoms with Gasteiger partial charge in [-0.3, -0.25) is 0 Å². The number of ether oxygens (including phenoxy) is 1. The lowest BCUT2D eigenvalue weighted by Crippen LogP contribution is -2.13. The van der Waals surface area contributed by atoms with Gasteiger partial charge in [0, 0.05) is 18.4 Å². The number of anilines is 1. The van der Waals surface area contributed by atoms with E-state index in [1.165, 1.54) is 6.20 Å². The predicted molar refractivity (Wildman–Crippen MR) is 77.3 cm³/mol. The van der Waals surface area contributed by atoms with E-state index >= 15 is 0 Å². The van der Waals surface area contributed by atoms with Gasteiger partial charge < -0.3 is 15.0 Å². The van der Waals surface area contributed by atoms with Crippen molar-refractivity contribution in [3.05, 3.63) is 47.5 Å². The van der Waals surface area contributed by atoms with Crippen LogP contribution in [0.2, 0.25) is 0 Å². The fourth-order valence-electron chi connectivity index (χ4n) is 1.94. The molecule has 2 aromatic heterocycles. The van der Waals surface area contributed by atoms with E-state index in [9.17, 15) is 4.79 Å². The smallest absolute Gasteiger partial charge is 0.355 e. The highest BCUT2D eigenvalue weighted by Gasteiger charge is 2.16. The van der Waals surface area contributed by atoms with Crippen molar-refractivity contribution >= 4 is 11.7 Å². The van der Waals surface area contributed by atoms with Crippen LogP contribution in [0.3, 0.4) is 0 Å². The van der Waals surface area contributed by atoms with Gasteiger partial charge in [0.1, 0.15) is 24.1 Å². The van der Waals surface area contributed by atoms with Crippen LogP contribution in [0.4, 0.5) is 5.69 Å². The minimum Gasteiger partial charge on any atom is -0.456 e. The van der Waals surface area contributed by atoms with Crippen molar-refractivity contribution in [3.63, 3.8) is 0 Å². The van der Waals surface area contributed by atoms with Gasteiger partial charge in [0.25, 0.3) is 0 Å². The van der Waals surface area contributed by atoms with Crippen LogP contribution in [0.15, 0.2) is 30.6 Å². The zero-order valence-corrected chi connectivity index (χ0v) is 11.9. The summed E-state index contributed by atoms with van der Waals surface area (Å²) in [6, 6.07) is 6.93. The average molecular weight is 284 g/mol. The number of aromatic nitrogens is 2. The van der Waals surface area contributed by atoms with E-state index in [2.05, 4.69) is 4.98 Å². The number of nitrogen functional groups attached to an aromatic ring is 1. The average Bonchev–Trinajstić information content (AvgIpc) is 2.87. The Kier molecular flexibility index (Phi) is 4.24. The van der Waals surface area contributed by atoms with Gasteiger partial charge in [0.2, 0.25) is 0 Å². The van der Waals surface area contributed by atoms with Crippen LogP contribution < -0.4 is 5.73 Å². The molecule has 0 spiro atoms. The monoisotopic (exact) mass is 284 g/mol. The Morgan fingerprint density at radius 1 is 1.52 bits per heavy atom. The van der Waals surface area contributed by atoms with Gasteiger partial charge in [0.05, 0.1) is 5.69 Å². The molecular weight excluding hydrogens is 268 g/mol. The maximum Gasteiger partial charge on any atom is 0.355 e.